The van der Waals surface area contributed by atoms with E-state index < -0.39 is 17.8 Å². The molecular formula is C21H31N3O5. The lowest BCUT2D eigenvalue weighted by atomic mass is 9.90. The van der Waals surface area contributed by atoms with E-state index in [2.05, 4.69) is 15.6 Å². The van der Waals surface area contributed by atoms with Gasteiger partial charge in [-0.1, -0.05) is 31.4 Å². The number of rotatable bonds is 5. The Balaban J connectivity index is 1.90. The number of nitrogens with one attached hydrogen (secondary N) is 2. The van der Waals surface area contributed by atoms with Crippen molar-refractivity contribution in [1.29, 1.82) is 0 Å². The Morgan fingerprint density at radius 2 is 1.93 bits per heavy atom. The molecule has 0 aliphatic heterocycles. The van der Waals surface area contributed by atoms with Gasteiger partial charge in [-0.2, -0.15) is 0 Å². The van der Waals surface area contributed by atoms with Gasteiger partial charge in [0.05, 0.1) is 6.61 Å². The predicted octanol–water partition coefficient (Wildman–Crippen LogP) is 4.29. The maximum Gasteiger partial charge on any atom is 0.434 e. The van der Waals surface area contributed by atoms with Gasteiger partial charge in [0, 0.05) is 6.54 Å². The smallest absolute Gasteiger partial charge is 0.434 e. The first kappa shape index (κ1) is 22.5. The number of carbonyl (C=O) groups excluding carboxylic acids is 1. The minimum absolute atomic E-state index is 0.194. The van der Waals surface area contributed by atoms with E-state index in [4.69, 9.17) is 14.6 Å². The van der Waals surface area contributed by atoms with Gasteiger partial charge in [-0.3, -0.25) is 5.32 Å². The minimum atomic E-state index is -1.42. The molecular weight excluding hydrogens is 374 g/mol. The number of carbonyl (C=O) groups is 2. The average Bonchev–Trinajstić information content (AvgIpc) is 2.64. The summed E-state index contributed by atoms with van der Waals surface area (Å²) >= 11 is 0. The summed E-state index contributed by atoms with van der Waals surface area (Å²) in [6.45, 7) is 6.12. The molecule has 0 atom stereocenters. The molecule has 1 aromatic rings. The number of benzene rings is 1. The number of alkyl carbamates (subject to hydrolysis) is 1. The van der Waals surface area contributed by atoms with Crippen molar-refractivity contribution in [3.8, 4) is 5.75 Å². The van der Waals surface area contributed by atoms with Crippen LogP contribution in [0.3, 0.4) is 0 Å². The summed E-state index contributed by atoms with van der Waals surface area (Å²) in [6, 6.07) is 7.55. The Morgan fingerprint density at radius 1 is 1.21 bits per heavy atom. The highest BCUT2D eigenvalue weighted by Crippen LogP contribution is 2.24. The first-order valence-electron chi connectivity index (χ1n) is 9.98. The number of guanidine groups is 1. The van der Waals surface area contributed by atoms with Crippen molar-refractivity contribution in [2.75, 3.05) is 6.61 Å². The van der Waals surface area contributed by atoms with Crippen molar-refractivity contribution in [3.63, 3.8) is 0 Å². The third kappa shape index (κ3) is 9.32. The van der Waals surface area contributed by atoms with Gasteiger partial charge in [0.25, 0.3) is 0 Å². The highest BCUT2D eigenvalue weighted by Gasteiger charge is 2.18. The van der Waals surface area contributed by atoms with Crippen LogP contribution in [0.25, 0.3) is 0 Å². The van der Waals surface area contributed by atoms with E-state index in [0.29, 0.717) is 12.5 Å². The SMILES string of the molecule is CC(C)(C)OC(=O)N/C(=N/C(=O)O)NCc1cccc(OCC2CCCCC2)c1. The van der Waals surface area contributed by atoms with Crippen LogP contribution in [0, 0.1) is 5.92 Å². The van der Waals surface area contributed by atoms with Gasteiger partial charge in [-0.15, -0.1) is 4.99 Å². The zero-order chi connectivity index (χ0) is 21.3. The third-order valence-corrected chi connectivity index (χ3v) is 4.40. The molecule has 29 heavy (non-hydrogen) atoms. The van der Waals surface area contributed by atoms with Crippen LogP contribution in [0.5, 0.6) is 5.75 Å². The summed E-state index contributed by atoms with van der Waals surface area (Å²) in [6.07, 6.45) is 4.08. The predicted molar refractivity (Wildman–Crippen MR) is 110 cm³/mol. The van der Waals surface area contributed by atoms with Crippen LogP contribution in [-0.2, 0) is 11.3 Å². The fourth-order valence-electron chi connectivity index (χ4n) is 3.11. The number of hydrogen-bond donors (Lipinski definition) is 3. The van der Waals surface area contributed by atoms with Gasteiger partial charge in [0.1, 0.15) is 11.4 Å². The molecule has 0 saturated heterocycles. The van der Waals surface area contributed by atoms with E-state index >= 15 is 0 Å². The maximum atomic E-state index is 11.9. The van der Waals surface area contributed by atoms with E-state index in [9.17, 15) is 9.59 Å². The lowest BCUT2D eigenvalue weighted by Crippen LogP contribution is -2.43. The molecule has 0 aromatic heterocycles. The molecule has 1 aliphatic carbocycles. The molecule has 0 heterocycles. The van der Waals surface area contributed by atoms with Crippen LogP contribution < -0.4 is 15.4 Å². The second kappa shape index (κ2) is 10.7. The van der Waals surface area contributed by atoms with Crippen LogP contribution in [0.4, 0.5) is 9.59 Å². The van der Waals surface area contributed by atoms with Crippen LogP contribution in [0.1, 0.15) is 58.4 Å². The molecule has 0 unspecified atom stereocenters. The Bertz CT molecular complexity index is 721. The molecule has 2 amide bonds. The van der Waals surface area contributed by atoms with E-state index in [1.165, 1.54) is 32.1 Å². The van der Waals surface area contributed by atoms with Gasteiger partial charge in [-0.05, 0) is 57.2 Å². The summed E-state index contributed by atoms with van der Waals surface area (Å²) in [5.41, 5.74) is 0.165. The van der Waals surface area contributed by atoms with Gasteiger partial charge in [-0.25, -0.2) is 9.59 Å². The van der Waals surface area contributed by atoms with Crippen molar-refractivity contribution in [2.45, 2.75) is 65.0 Å². The quantitative estimate of drug-likeness (QED) is 0.498. The minimum Gasteiger partial charge on any atom is -0.493 e. The summed E-state index contributed by atoms with van der Waals surface area (Å²) in [5.74, 6) is 1.19. The zero-order valence-electron chi connectivity index (χ0n) is 17.4. The highest BCUT2D eigenvalue weighted by atomic mass is 16.6. The molecule has 0 radical (unpaired) electrons. The molecule has 0 bridgehead atoms. The molecule has 1 aliphatic rings. The molecule has 1 saturated carbocycles. The van der Waals surface area contributed by atoms with Crippen molar-refractivity contribution in [1.82, 2.24) is 10.6 Å². The first-order valence-corrected chi connectivity index (χ1v) is 9.98. The van der Waals surface area contributed by atoms with E-state index in [0.717, 1.165) is 11.3 Å². The Hall–Kier alpha value is -2.77. The van der Waals surface area contributed by atoms with Gasteiger partial charge in [0.2, 0.25) is 5.96 Å². The summed E-state index contributed by atoms with van der Waals surface area (Å²) in [4.78, 5) is 26.2. The number of hydrogen-bond acceptors (Lipinski definition) is 4. The standard InChI is InChI=1S/C21H31N3O5/c1-21(2,3)29-20(27)24-18(23-19(25)26)22-13-16-10-7-11-17(12-16)28-14-15-8-5-4-6-9-15/h7,10-12,15H,4-6,8-9,13-14H2,1-3H3,(H,25,26)(H2,22,23,24,27). The van der Waals surface area contributed by atoms with Crippen molar-refractivity contribution < 1.29 is 24.2 Å². The van der Waals surface area contributed by atoms with E-state index in [1.54, 1.807) is 20.8 Å². The number of carboxylic acid groups (broad SMARTS) is 1. The van der Waals surface area contributed by atoms with Crippen molar-refractivity contribution in [2.24, 2.45) is 10.9 Å². The van der Waals surface area contributed by atoms with Crippen molar-refractivity contribution >= 4 is 18.1 Å². The topological polar surface area (TPSA) is 109 Å². The first-order chi connectivity index (χ1) is 13.7. The van der Waals surface area contributed by atoms with Gasteiger partial charge < -0.3 is 19.9 Å². The Kier molecular flexibility index (Phi) is 8.30. The molecule has 0 spiro atoms. The van der Waals surface area contributed by atoms with Crippen LogP contribution >= 0.6 is 0 Å². The molecule has 1 fully saturated rings. The largest absolute Gasteiger partial charge is 0.493 e. The molecule has 3 N–H and O–H groups in total. The molecule has 2 rings (SSSR count). The van der Waals surface area contributed by atoms with Crippen LogP contribution in [-0.4, -0.2) is 35.5 Å². The third-order valence-electron chi connectivity index (χ3n) is 4.40. The maximum absolute atomic E-state index is 11.9. The molecule has 8 heteroatoms. The number of nitrogens with zero attached hydrogens (tertiary/aromatic N) is 1. The fourth-order valence-corrected chi connectivity index (χ4v) is 3.11. The number of amides is 2. The highest BCUT2D eigenvalue weighted by molar-refractivity contribution is 5.98. The second-order valence-electron chi connectivity index (χ2n) is 8.19. The fraction of sp³-hybridized carbons (Fsp3) is 0.571. The molecule has 1 aromatic carbocycles. The summed E-state index contributed by atoms with van der Waals surface area (Å²) in [5, 5.41) is 14.1. The van der Waals surface area contributed by atoms with Crippen LogP contribution in [0.2, 0.25) is 0 Å². The normalized spacial score (nSPS) is 15.5. The summed E-state index contributed by atoms with van der Waals surface area (Å²) in [7, 11) is 0. The summed E-state index contributed by atoms with van der Waals surface area (Å²) < 4.78 is 11.1. The van der Waals surface area contributed by atoms with Gasteiger partial charge in [0.15, 0.2) is 0 Å². The molecule has 8 nitrogen and oxygen atoms in total. The zero-order valence-corrected chi connectivity index (χ0v) is 17.4. The number of ether oxygens (including phenoxy) is 2. The number of aliphatic imine (C=N–C) groups is 1. The lowest BCUT2D eigenvalue weighted by molar-refractivity contribution is 0.0561. The monoisotopic (exact) mass is 405 g/mol. The Morgan fingerprint density at radius 3 is 2.59 bits per heavy atom. The lowest BCUT2D eigenvalue weighted by Gasteiger charge is -2.22. The van der Waals surface area contributed by atoms with Crippen LogP contribution in [0.15, 0.2) is 29.3 Å². The average molecular weight is 405 g/mol. The van der Waals surface area contributed by atoms with E-state index in [-0.39, 0.29) is 12.5 Å². The van der Waals surface area contributed by atoms with E-state index in [1.807, 2.05) is 24.3 Å². The Labute approximate surface area is 171 Å². The van der Waals surface area contributed by atoms with Gasteiger partial charge >= 0.3 is 12.2 Å². The molecule has 160 valence electrons. The van der Waals surface area contributed by atoms with Crippen molar-refractivity contribution in [3.05, 3.63) is 29.8 Å². The second-order valence-corrected chi connectivity index (χ2v) is 8.19.